The summed E-state index contributed by atoms with van der Waals surface area (Å²) in [4.78, 5) is 0. The molecular weight excluding hydrogens is 192 g/mol. The zero-order chi connectivity index (χ0) is 11.6. The summed E-state index contributed by atoms with van der Waals surface area (Å²) in [5.74, 6) is -1.37. The van der Waals surface area contributed by atoms with E-state index in [0.717, 1.165) is 12.8 Å². The Hall–Kier alpha value is -0.120. The minimum atomic E-state index is -1.37. The fourth-order valence-electron chi connectivity index (χ4n) is 1.59. The van der Waals surface area contributed by atoms with E-state index < -0.39 is 5.97 Å². The van der Waals surface area contributed by atoms with Crippen molar-refractivity contribution < 1.29 is 14.6 Å². The molecule has 0 spiro atoms. The second-order valence-corrected chi connectivity index (χ2v) is 3.99. The normalized spacial score (nSPS) is 12.0. The van der Waals surface area contributed by atoms with Crippen LogP contribution in [-0.2, 0) is 9.47 Å². The molecule has 0 unspecified atom stereocenters. The van der Waals surface area contributed by atoms with Gasteiger partial charge in [0.2, 0.25) is 0 Å². The highest BCUT2D eigenvalue weighted by Gasteiger charge is 2.24. The summed E-state index contributed by atoms with van der Waals surface area (Å²) < 4.78 is 9.73. The van der Waals surface area contributed by atoms with E-state index in [4.69, 9.17) is 9.47 Å². The van der Waals surface area contributed by atoms with Crippen LogP contribution in [0.5, 0.6) is 0 Å². The first-order valence-corrected chi connectivity index (χ1v) is 6.01. The smallest absolute Gasteiger partial charge is 0.279 e. The average molecular weight is 218 g/mol. The highest BCUT2D eigenvalue weighted by molar-refractivity contribution is 4.54. The van der Waals surface area contributed by atoms with E-state index in [9.17, 15) is 5.11 Å². The van der Waals surface area contributed by atoms with Crippen molar-refractivity contribution >= 4 is 0 Å². The molecule has 0 fully saturated rings. The van der Waals surface area contributed by atoms with E-state index >= 15 is 0 Å². The van der Waals surface area contributed by atoms with E-state index in [-0.39, 0.29) is 0 Å². The van der Waals surface area contributed by atoms with Crippen LogP contribution >= 0.6 is 0 Å². The van der Waals surface area contributed by atoms with Crippen molar-refractivity contribution in [3.63, 3.8) is 0 Å². The first kappa shape index (κ1) is 14.9. The fraction of sp³-hybridized carbons (Fsp3) is 1.00. The summed E-state index contributed by atoms with van der Waals surface area (Å²) in [6.07, 6.45) is 9.12. The monoisotopic (exact) mass is 218 g/mol. The number of rotatable bonds is 10. The highest BCUT2D eigenvalue weighted by Crippen LogP contribution is 2.17. The van der Waals surface area contributed by atoms with Crippen LogP contribution in [0.25, 0.3) is 0 Å². The molecule has 0 atom stereocenters. The van der Waals surface area contributed by atoms with Crippen LogP contribution in [0.3, 0.4) is 0 Å². The van der Waals surface area contributed by atoms with Gasteiger partial charge in [0, 0.05) is 20.6 Å². The van der Waals surface area contributed by atoms with Gasteiger partial charge in [-0.3, -0.25) is 0 Å². The number of aliphatic hydroxyl groups is 1. The second-order valence-electron chi connectivity index (χ2n) is 3.99. The highest BCUT2D eigenvalue weighted by atomic mass is 16.8. The standard InChI is InChI=1S/C12H26O3/c1-4-5-6-7-8-9-10-11-12(13,14-2)15-3/h13H,4-11H2,1-3H3. The molecule has 0 heterocycles. The van der Waals surface area contributed by atoms with Crippen molar-refractivity contribution in [3.05, 3.63) is 0 Å². The van der Waals surface area contributed by atoms with Gasteiger partial charge >= 0.3 is 0 Å². The van der Waals surface area contributed by atoms with Crippen molar-refractivity contribution in [2.75, 3.05) is 14.2 Å². The molecule has 3 heteroatoms. The average Bonchev–Trinajstić information content (AvgIpc) is 2.27. The number of ether oxygens (including phenoxy) is 2. The molecule has 3 nitrogen and oxygen atoms in total. The Morgan fingerprint density at radius 2 is 1.33 bits per heavy atom. The second kappa shape index (κ2) is 9.13. The summed E-state index contributed by atoms with van der Waals surface area (Å²) in [7, 11) is 2.93. The summed E-state index contributed by atoms with van der Waals surface area (Å²) in [6.45, 7) is 2.22. The van der Waals surface area contributed by atoms with E-state index in [0.29, 0.717) is 6.42 Å². The van der Waals surface area contributed by atoms with Gasteiger partial charge in [0.15, 0.2) is 0 Å². The number of hydrogen-bond donors (Lipinski definition) is 1. The van der Waals surface area contributed by atoms with Crippen LogP contribution in [0.2, 0.25) is 0 Å². The summed E-state index contributed by atoms with van der Waals surface area (Å²) >= 11 is 0. The molecule has 1 N–H and O–H groups in total. The molecule has 0 aromatic heterocycles. The molecule has 0 bridgehead atoms. The predicted molar refractivity (Wildman–Crippen MR) is 61.6 cm³/mol. The van der Waals surface area contributed by atoms with Crippen LogP contribution in [-0.4, -0.2) is 25.3 Å². The van der Waals surface area contributed by atoms with Gasteiger partial charge in [0.1, 0.15) is 0 Å². The zero-order valence-corrected chi connectivity index (χ0v) is 10.4. The molecule has 0 saturated heterocycles. The molecule has 0 saturated carbocycles. The Kier molecular flexibility index (Phi) is 9.06. The topological polar surface area (TPSA) is 38.7 Å². The predicted octanol–water partition coefficient (Wildman–Crippen LogP) is 3.07. The Bertz CT molecular complexity index is 133. The molecule has 0 radical (unpaired) electrons. The van der Waals surface area contributed by atoms with Crippen molar-refractivity contribution in [1.29, 1.82) is 0 Å². The van der Waals surface area contributed by atoms with Crippen molar-refractivity contribution in [3.8, 4) is 0 Å². The molecule has 0 aromatic rings. The Labute approximate surface area is 93.8 Å². The maximum atomic E-state index is 9.63. The Balaban J connectivity index is 3.29. The van der Waals surface area contributed by atoms with E-state index in [1.807, 2.05) is 0 Å². The van der Waals surface area contributed by atoms with Gasteiger partial charge in [-0.1, -0.05) is 45.4 Å². The molecule has 92 valence electrons. The zero-order valence-electron chi connectivity index (χ0n) is 10.4. The van der Waals surface area contributed by atoms with Crippen molar-refractivity contribution in [2.45, 2.75) is 64.3 Å². The van der Waals surface area contributed by atoms with Crippen LogP contribution in [0.15, 0.2) is 0 Å². The van der Waals surface area contributed by atoms with E-state index in [2.05, 4.69) is 6.92 Å². The third-order valence-electron chi connectivity index (χ3n) is 2.73. The first-order valence-electron chi connectivity index (χ1n) is 6.01. The van der Waals surface area contributed by atoms with Crippen LogP contribution in [0.1, 0.15) is 58.3 Å². The first-order chi connectivity index (χ1) is 7.18. The molecular formula is C12H26O3. The van der Waals surface area contributed by atoms with Crippen LogP contribution in [0.4, 0.5) is 0 Å². The lowest BCUT2D eigenvalue weighted by Crippen LogP contribution is -2.32. The minimum Gasteiger partial charge on any atom is -0.343 e. The quantitative estimate of drug-likeness (QED) is 0.452. The molecule has 0 rings (SSSR count). The Morgan fingerprint density at radius 1 is 0.867 bits per heavy atom. The molecule has 0 aliphatic carbocycles. The van der Waals surface area contributed by atoms with Crippen LogP contribution < -0.4 is 0 Å². The van der Waals surface area contributed by atoms with Gasteiger partial charge < -0.3 is 14.6 Å². The summed E-state index contributed by atoms with van der Waals surface area (Å²) in [5, 5.41) is 9.63. The van der Waals surface area contributed by atoms with Gasteiger partial charge in [0.05, 0.1) is 0 Å². The molecule has 0 aliphatic rings. The summed E-state index contributed by atoms with van der Waals surface area (Å²) in [6, 6.07) is 0. The number of methoxy groups -OCH3 is 2. The third kappa shape index (κ3) is 7.77. The van der Waals surface area contributed by atoms with E-state index in [1.54, 1.807) is 0 Å². The van der Waals surface area contributed by atoms with Crippen molar-refractivity contribution in [2.24, 2.45) is 0 Å². The van der Waals surface area contributed by atoms with Gasteiger partial charge in [0.25, 0.3) is 5.97 Å². The van der Waals surface area contributed by atoms with Gasteiger partial charge in [-0.25, -0.2) is 0 Å². The van der Waals surface area contributed by atoms with Gasteiger partial charge in [-0.05, 0) is 6.42 Å². The van der Waals surface area contributed by atoms with Gasteiger partial charge in [-0.2, -0.15) is 0 Å². The molecule has 0 amide bonds. The lowest BCUT2D eigenvalue weighted by Gasteiger charge is -2.23. The molecule has 0 aromatic carbocycles. The minimum absolute atomic E-state index is 0.549. The maximum Gasteiger partial charge on any atom is 0.279 e. The van der Waals surface area contributed by atoms with Gasteiger partial charge in [-0.15, -0.1) is 0 Å². The molecule has 0 aliphatic heterocycles. The van der Waals surface area contributed by atoms with Crippen LogP contribution in [0, 0.1) is 0 Å². The third-order valence-corrected chi connectivity index (χ3v) is 2.73. The maximum absolute atomic E-state index is 9.63. The molecule has 15 heavy (non-hydrogen) atoms. The van der Waals surface area contributed by atoms with Crippen molar-refractivity contribution in [1.82, 2.24) is 0 Å². The lowest BCUT2D eigenvalue weighted by molar-refractivity contribution is -0.342. The Morgan fingerprint density at radius 3 is 1.80 bits per heavy atom. The fourth-order valence-corrected chi connectivity index (χ4v) is 1.59. The SMILES string of the molecule is CCCCCCCCCC(O)(OC)OC. The largest absolute Gasteiger partial charge is 0.343 e. The lowest BCUT2D eigenvalue weighted by atomic mass is 10.1. The number of hydrogen-bond acceptors (Lipinski definition) is 3. The number of unbranched alkanes of at least 4 members (excludes halogenated alkanes) is 6. The van der Waals surface area contributed by atoms with E-state index in [1.165, 1.54) is 46.3 Å². The summed E-state index contributed by atoms with van der Waals surface area (Å²) in [5.41, 5.74) is 0.